The average Bonchev–Trinajstić information content (AvgIpc) is 2.84. The van der Waals surface area contributed by atoms with Crippen molar-refractivity contribution >= 4 is 29.0 Å². The van der Waals surface area contributed by atoms with Gasteiger partial charge in [0.2, 0.25) is 0 Å². The van der Waals surface area contributed by atoms with Crippen LogP contribution in [0.1, 0.15) is 23.0 Å². The van der Waals surface area contributed by atoms with E-state index in [1.807, 2.05) is 19.1 Å². The summed E-state index contributed by atoms with van der Waals surface area (Å²) in [7, 11) is 0. The van der Waals surface area contributed by atoms with Gasteiger partial charge in [-0.15, -0.1) is 18.1 Å². The molecule has 3 nitrogen and oxygen atoms in total. The normalized spacial score (nSPS) is 11.5. The lowest BCUT2D eigenvalue weighted by atomic mass is 10.1. The van der Waals surface area contributed by atoms with Crippen molar-refractivity contribution in [1.29, 1.82) is 0 Å². The predicted octanol–water partition coefficient (Wildman–Crippen LogP) is 5.23. The minimum atomic E-state index is -0.262. The minimum Gasteiger partial charge on any atom is -0.373 e. The van der Waals surface area contributed by atoms with E-state index in [4.69, 9.17) is 0 Å². The van der Waals surface area contributed by atoms with E-state index in [2.05, 4.69) is 34.5 Å². The quantitative estimate of drug-likeness (QED) is 0.636. The van der Waals surface area contributed by atoms with Gasteiger partial charge in [-0.1, -0.05) is 6.58 Å². The van der Waals surface area contributed by atoms with Crippen LogP contribution in [0.2, 0.25) is 0 Å². The Hall–Kier alpha value is -2.55. The number of halogens is 2. The molecule has 0 radical (unpaired) electrons. The Morgan fingerprint density at radius 2 is 1.96 bits per heavy atom. The summed E-state index contributed by atoms with van der Waals surface area (Å²) in [6.07, 6.45) is 3.62. The lowest BCUT2D eigenvalue weighted by Crippen LogP contribution is -2.10. The maximum Gasteiger partial charge on any atom is 0.123 e. The molecule has 0 aliphatic rings. The molecule has 3 rings (SSSR count). The van der Waals surface area contributed by atoms with Crippen LogP contribution in [0.15, 0.2) is 54.9 Å². The van der Waals surface area contributed by atoms with E-state index in [9.17, 15) is 4.39 Å². The summed E-state index contributed by atoms with van der Waals surface area (Å²) >= 11 is 0. The summed E-state index contributed by atoms with van der Waals surface area (Å²) in [5.41, 5.74) is 7.82. The van der Waals surface area contributed by atoms with Crippen molar-refractivity contribution in [2.75, 3.05) is 5.32 Å². The third-order valence-corrected chi connectivity index (χ3v) is 4.00. The molecule has 0 fully saturated rings. The SMILES string of the molecule is C=C=CC(Nc1ccc(F)cc1)c1nccc2c(C)c(C)[nH]c12.Cl. The maximum absolute atomic E-state index is 13.1. The summed E-state index contributed by atoms with van der Waals surface area (Å²) in [5, 5.41) is 4.49. The van der Waals surface area contributed by atoms with Crippen LogP contribution in [-0.4, -0.2) is 9.97 Å². The topological polar surface area (TPSA) is 40.7 Å². The second-order valence-electron chi connectivity index (χ2n) is 5.49. The van der Waals surface area contributed by atoms with Crippen LogP contribution in [0.3, 0.4) is 0 Å². The van der Waals surface area contributed by atoms with Crippen molar-refractivity contribution in [1.82, 2.24) is 9.97 Å². The van der Waals surface area contributed by atoms with Crippen molar-refractivity contribution in [3.05, 3.63) is 77.7 Å². The smallest absolute Gasteiger partial charge is 0.123 e. The molecule has 2 heterocycles. The first-order valence-corrected chi connectivity index (χ1v) is 7.42. The van der Waals surface area contributed by atoms with Crippen LogP contribution in [0.4, 0.5) is 10.1 Å². The molecule has 24 heavy (non-hydrogen) atoms. The molecule has 0 spiro atoms. The summed E-state index contributed by atoms with van der Waals surface area (Å²) in [4.78, 5) is 7.93. The van der Waals surface area contributed by atoms with E-state index in [0.29, 0.717) is 0 Å². The number of nitrogens with one attached hydrogen (secondary N) is 2. The number of benzene rings is 1. The van der Waals surface area contributed by atoms with Crippen LogP contribution in [0.25, 0.3) is 10.9 Å². The largest absolute Gasteiger partial charge is 0.373 e. The van der Waals surface area contributed by atoms with E-state index >= 15 is 0 Å². The van der Waals surface area contributed by atoms with Crippen LogP contribution in [0.5, 0.6) is 0 Å². The second-order valence-corrected chi connectivity index (χ2v) is 5.49. The molecule has 0 bridgehead atoms. The molecule has 5 heteroatoms. The van der Waals surface area contributed by atoms with Gasteiger partial charge in [0.25, 0.3) is 0 Å². The van der Waals surface area contributed by atoms with E-state index in [1.165, 1.54) is 17.7 Å². The van der Waals surface area contributed by atoms with Crippen molar-refractivity contribution < 1.29 is 4.39 Å². The first-order valence-electron chi connectivity index (χ1n) is 7.42. The lowest BCUT2D eigenvalue weighted by molar-refractivity contribution is 0.628. The molecule has 0 aliphatic heterocycles. The zero-order valence-electron chi connectivity index (χ0n) is 13.6. The zero-order chi connectivity index (χ0) is 16.4. The number of aromatic amines is 1. The number of rotatable bonds is 4. The number of H-pyrrole nitrogens is 1. The third-order valence-electron chi connectivity index (χ3n) is 4.00. The van der Waals surface area contributed by atoms with Crippen LogP contribution < -0.4 is 5.32 Å². The number of hydrogen-bond acceptors (Lipinski definition) is 2. The zero-order valence-corrected chi connectivity index (χ0v) is 14.4. The van der Waals surface area contributed by atoms with Gasteiger partial charge in [0.05, 0.1) is 17.3 Å². The van der Waals surface area contributed by atoms with Crippen LogP contribution in [-0.2, 0) is 0 Å². The fourth-order valence-electron chi connectivity index (χ4n) is 2.67. The number of aromatic nitrogens is 2. The third kappa shape index (κ3) is 3.35. The highest BCUT2D eigenvalue weighted by Gasteiger charge is 2.16. The van der Waals surface area contributed by atoms with Gasteiger partial charge in [0.1, 0.15) is 5.82 Å². The Labute approximate surface area is 146 Å². The van der Waals surface area contributed by atoms with E-state index in [-0.39, 0.29) is 24.3 Å². The molecule has 0 aliphatic carbocycles. The van der Waals surface area contributed by atoms with E-state index < -0.39 is 0 Å². The molecule has 0 amide bonds. The Bertz CT molecular complexity index is 893. The van der Waals surface area contributed by atoms with Gasteiger partial charge in [-0.05, 0) is 55.8 Å². The molecular weight excluding hydrogens is 325 g/mol. The van der Waals surface area contributed by atoms with Crippen LogP contribution >= 0.6 is 12.4 Å². The first-order chi connectivity index (χ1) is 11.1. The summed E-state index contributed by atoms with van der Waals surface area (Å²) in [6.45, 7) is 7.80. The summed E-state index contributed by atoms with van der Waals surface area (Å²) < 4.78 is 13.1. The highest BCUT2D eigenvalue weighted by atomic mass is 35.5. The number of hydrogen-bond donors (Lipinski definition) is 2. The molecule has 2 N–H and O–H groups in total. The van der Waals surface area contributed by atoms with E-state index in [0.717, 1.165) is 28.0 Å². The predicted molar refractivity (Wildman–Crippen MR) is 99.3 cm³/mol. The Balaban J connectivity index is 0.00000208. The van der Waals surface area contributed by atoms with Gasteiger partial charge < -0.3 is 10.3 Å². The number of anilines is 1. The molecule has 1 aromatic carbocycles. The molecule has 0 saturated carbocycles. The number of nitrogens with zero attached hydrogens (tertiary/aromatic N) is 1. The van der Waals surface area contributed by atoms with Crippen molar-refractivity contribution in [3.63, 3.8) is 0 Å². The second kappa shape index (κ2) is 7.35. The average molecular weight is 344 g/mol. The van der Waals surface area contributed by atoms with E-state index in [1.54, 1.807) is 18.3 Å². The van der Waals surface area contributed by atoms with Gasteiger partial charge >= 0.3 is 0 Å². The van der Waals surface area contributed by atoms with Crippen molar-refractivity contribution in [2.45, 2.75) is 19.9 Å². The van der Waals surface area contributed by atoms with Gasteiger partial charge in [-0.25, -0.2) is 4.39 Å². The maximum atomic E-state index is 13.1. The van der Waals surface area contributed by atoms with Crippen molar-refractivity contribution in [3.8, 4) is 0 Å². The Morgan fingerprint density at radius 3 is 2.62 bits per heavy atom. The Kier molecular flexibility index (Phi) is 5.45. The monoisotopic (exact) mass is 343 g/mol. The van der Waals surface area contributed by atoms with Gasteiger partial charge in [0.15, 0.2) is 0 Å². The number of fused-ring (bicyclic) bond motifs is 1. The molecule has 0 saturated heterocycles. The standard InChI is InChI=1S/C19H18FN3.ClH/c1-4-5-17(23-15-8-6-14(20)7-9-15)19-18-16(10-11-21-19)12(2)13(3)22-18;/h5-11,17,22-23H,1H2,2-3H3;1H. The molecular formula is C19H19ClFN3. The first kappa shape index (κ1) is 17.8. The minimum absolute atomic E-state index is 0. The highest BCUT2D eigenvalue weighted by molar-refractivity contribution is 5.86. The van der Waals surface area contributed by atoms with Gasteiger partial charge in [-0.3, -0.25) is 4.98 Å². The number of pyridine rings is 1. The van der Waals surface area contributed by atoms with Crippen molar-refractivity contribution in [2.24, 2.45) is 0 Å². The fourth-order valence-corrected chi connectivity index (χ4v) is 2.67. The highest BCUT2D eigenvalue weighted by Crippen LogP contribution is 2.28. The summed E-state index contributed by atoms with van der Waals surface area (Å²) in [6, 6.07) is 8.04. The lowest BCUT2D eigenvalue weighted by Gasteiger charge is -2.16. The molecule has 1 atom stereocenters. The van der Waals surface area contributed by atoms with Crippen LogP contribution in [0, 0.1) is 19.7 Å². The molecule has 3 aromatic rings. The molecule has 2 aromatic heterocycles. The summed E-state index contributed by atoms with van der Waals surface area (Å²) in [5.74, 6) is -0.262. The Morgan fingerprint density at radius 1 is 1.25 bits per heavy atom. The van der Waals surface area contributed by atoms with Gasteiger partial charge in [0, 0.05) is 23.0 Å². The fraction of sp³-hybridized carbons (Fsp3) is 0.158. The molecule has 124 valence electrons. The van der Waals surface area contributed by atoms with Gasteiger partial charge in [-0.2, -0.15) is 0 Å². The molecule has 1 unspecified atom stereocenters. The number of aryl methyl sites for hydroxylation is 2.